The van der Waals surface area contributed by atoms with Gasteiger partial charge in [-0.05, 0) is 93.7 Å². The quantitative estimate of drug-likeness (QED) is 0.192. The van der Waals surface area contributed by atoms with Crippen LogP contribution in [0, 0.1) is 5.92 Å². The van der Waals surface area contributed by atoms with Crippen LogP contribution in [0.4, 0.5) is 5.69 Å². The van der Waals surface area contributed by atoms with Crippen LogP contribution >= 0.6 is 8.58 Å². The second kappa shape index (κ2) is 14.2. The standard InChI is InChI=1S/C39H47N6O4P/c1-26(25-50-34-22-31-30(21-33(34)49-5)37(46)44-16-8-9-28(44)24-40-31)23-39(2,3)43-19-17-42(18-20-43)38(47)35-32-10-6-7-15-45(32)36(41-35)27-11-13-29(48-4)14-12-27/h6-7,10-15,21-22,24,26,28,50H,8-9,16-20,23,25H2,1-5H3. The van der Waals surface area contributed by atoms with Crippen LogP contribution in [0.15, 0.2) is 65.8 Å². The molecule has 2 fully saturated rings. The molecule has 4 aromatic rings. The van der Waals surface area contributed by atoms with E-state index in [4.69, 9.17) is 19.5 Å². The van der Waals surface area contributed by atoms with Gasteiger partial charge in [-0.25, -0.2) is 4.98 Å². The Bertz CT molecular complexity index is 1910. The Kier molecular flexibility index (Phi) is 9.68. The summed E-state index contributed by atoms with van der Waals surface area (Å²) in [6.45, 7) is 10.7. The van der Waals surface area contributed by atoms with Crippen LogP contribution in [-0.2, 0) is 0 Å². The fourth-order valence-electron chi connectivity index (χ4n) is 7.82. The number of benzene rings is 2. The van der Waals surface area contributed by atoms with Gasteiger partial charge < -0.3 is 19.3 Å². The molecule has 5 heterocycles. The zero-order valence-electron chi connectivity index (χ0n) is 29.7. The molecule has 2 saturated heterocycles. The van der Waals surface area contributed by atoms with E-state index in [1.807, 2.05) is 75.1 Å². The van der Waals surface area contributed by atoms with Crippen LogP contribution in [0.2, 0.25) is 0 Å². The average Bonchev–Trinajstić information content (AvgIpc) is 3.75. The minimum absolute atomic E-state index is 0.0253. The van der Waals surface area contributed by atoms with E-state index in [0.29, 0.717) is 38.8 Å². The Morgan fingerprint density at radius 1 is 1.02 bits per heavy atom. The number of carbonyl (C=O) groups excluding carboxylic acids is 2. The summed E-state index contributed by atoms with van der Waals surface area (Å²) in [7, 11) is 3.88. The fraction of sp³-hybridized carbons (Fsp3) is 0.436. The molecule has 3 aliphatic heterocycles. The monoisotopic (exact) mass is 694 g/mol. The Labute approximate surface area is 296 Å². The number of carbonyl (C=O) groups is 2. The highest BCUT2D eigenvalue weighted by molar-refractivity contribution is 7.47. The number of amides is 2. The molecule has 3 aliphatic rings. The molecule has 0 aliphatic carbocycles. The van der Waals surface area contributed by atoms with Crippen molar-refractivity contribution in [3.8, 4) is 22.9 Å². The smallest absolute Gasteiger partial charge is 0.274 e. The molecule has 3 atom stereocenters. The molecule has 3 unspecified atom stereocenters. The highest BCUT2D eigenvalue weighted by Crippen LogP contribution is 2.35. The second-order valence-electron chi connectivity index (χ2n) is 14.3. The molecular weight excluding hydrogens is 647 g/mol. The molecule has 0 bridgehead atoms. The van der Waals surface area contributed by atoms with Crippen molar-refractivity contribution in [2.24, 2.45) is 10.9 Å². The van der Waals surface area contributed by atoms with E-state index in [0.717, 1.165) is 84.5 Å². The van der Waals surface area contributed by atoms with Crippen molar-refractivity contribution in [2.45, 2.75) is 51.6 Å². The number of ether oxygens (including phenoxy) is 2. The van der Waals surface area contributed by atoms with Crippen molar-refractivity contribution in [1.29, 1.82) is 0 Å². The number of hydrogen-bond acceptors (Lipinski definition) is 7. The number of hydrogen-bond donors (Lipinski definition) is 0. The van der Waals surface area contributed by atoms with Crippen molar-refractivity contribution in [3.63, 3.8) is 0 Å². The lowest BCUT2D eigenvalue weighted by Crippen LogP contribution is -2.56. The van der Waals surface area contributed by atoms with Gasteiger partial charge in [0.2, 0.25) is 0 Å². The molecule has 10 nitrogen and oxygen atoms in total. The van der Waals surface area contributed by atoms with Crippen LogP contribution in [-0.4, -0.2) is 107 Å². The molecular formula is C39H47N6O4P. The molecule has 0 spiro atoms. The highest BCUT2D eigenvalue weighted by Gasteiger charge is 2.35. The first-order chi connectivity index (χ1) is 24.2. The van der Waals surface area contributed by atoms with Crippen molar-refractivity contribution in [2.75, 3.05) is 53.1 Å². The topological polar surface area (TPSA) is 92.0 Å². The summed E-state index contributed by atoms with van der Waals surface area (Å²) in [5.74, 6) is 2.79. The summed E-state index contributed by atoms with van der Waals surface area (Å²) >= 11 is 0. The summed E-state index contributed by atoms with van der Waals surface area (Å²) in [6.07, 6.45) is 7.96. The van der Waals surface area contributed by atoms with Gasteiger partial charge in [-0.2, -0.15) is 0 Å². The van der Waals surface area contributed by atoms with Gasteiger partial charge in [0.1, 0.15) is 17.3 Å². The van der Waals surface area contributed by atoms with E-state index in [-0.39, 0.29) is 23.4 Å². The van der Waals surface area contributed by atoms with Crippen LogP contribution in [0.3, 0.4) is 0 Å². The SMILES string of the molecule is COc1ccc(-c2nc(C(=O)N3CCN(C(C)(C)CC(C)CPc4cc5c(cc4OC)C(=O)N4CCCC4C=N5)CC3)c3ccccn23)cc1. The van der Waals surface area contributed by atoms with E-state index in [2.05, 4.69) is 31.7 Å². The first-order valence-corrected chi connectivity index (χ1v) is 18.8. The first kappa shape index (κ1) is 34.2. The minimum atomic E-state index is -0.0263. The van der Waals surface area contributed by atoms with Gasteiger partial charge in [0.15, 0.2) is 5.69 Å². The lowest BCUT2D eigenvalue weighted by molar-refractivity contribution is 0.0333. The van der Waals surface area contributed by atoms with Crippen molar-refractivity contribution in [1.82, 2.24) is 24.1 Å². The van der Waals surface area contributed by atoms with Gasteiger partial charge in [0, 0.05) is 61.5 Å². The van der Waals surface area contributed by atoms with E-state index >= 15 is 0 Å². The fourth-order valence-corrected chi connectivity index (χ4v) is 9.12. The molecule has 7 rings (SSSR count). The van der Waals surface area contributed by atoms with Crippen molar-refractivity contribution in [3.05, 3.63) is 72.1 Å². The maximum Gasteiger partial charge on any atom is 0.274 e. The van der Waals surface area contributed by atoms with E-state index in [9.17, 15) is 9.59 Å². The molecule has 50 heavy (non-hydrogen) atoms. The lowest BCUT2D eigenvalue weighted by Gasteiger charge is -2.45. The molecule has 11 heteroatoms. The third-order valence-electron chi connectivity index (χ3n) is 10.5. The molecule has 0 N–H and O–H groups in total. The van der Waals surface area contributed by atoms with E-state index in [1.165, 1.54) is 0 Å². The van der Waals surface area contributed by atoms with Gasteiger partial charge in [-0.1, -0.05) is 21.6 Å². The zero-order chi connectivity index (χ0) is 35.0. The van der Waals surface area contributed by atoms with Gasteiger partial charge >= 0.3 is 0 Å². The Balaban J connectivity index is 0.975. The molecule has 0 saturated carbocycles. The molecule has 262 valence electrons. The number of aromatic nitrogens is 2. The third-order valence-corrected chi connectivity index (χ3v) is 12.2. The Hall–Kier alpha value is -4.27. The number of pyridine rings is 1. The van der Waals surface area contributed by atoms with Crippen molar-refractivity contribution >= 4 is 43.1 Å². The number of imidazole rings is 1. The number of methoxy groups -OCH3 is 2. The number of rotatable bonds is 10. The number of fused-ring (bicyclic) bond motifs is 3. The Morgan fingerprint density at radius 2 is 1.80 bits per heavy atom. The largest absolute Gasteiger partial charge is 0.497 e. The maximum atomic E-state index is 13.9. The van der Waals surface area contributed by atoms with Crippen molar-refractivity contribution < 1.29 is 19.1 Å². The Morgan fingerprint density at radius 3 is 2.54 bits per heavy atom. The molecule has 2 aromatic carbocycles. The number of nitrogens with zero attached hydrogens (tertiary/aromatic N) is 6. The van der Waals surface area contributed by atoms with Gasteiger partial charge in [0.05, 0.1) is 37.0 Å². The van der Waals surface area contributed by atoms with Gasteiger partial charge in [-0.3, -0.25) is 23.9 Å². The second-order valence-corrected chi connectivity index (χ2v) is 15.6. The van der Waals surface area contributed by atoms with E-state index < -0.39 is 0 Å². The van der Waals surface area contributed by atoms with E-state index in [1.54, 1.807) is 14.2 Å². The minimum Gasteiger partial charge on any atom is -0.497 e. The summed E-state index contributed by atoms with van der Waals surface area (Å²) in [4.78, 5) is 43.3. The maximum absolute atomic E-state index is 13.9. The number of piperazine rings is 1. The number of aliphatic imine (C=N–C) groups is 1. The van der Waals surface area contributed by atoms with Crippen LogP contribution < -0.4 is 14.8 Å². The molecule has 0 radical (unpaired) electrons. The summed E-state index contributed by atoms with van der Waals surface area (Å²) in [5.41, 5.74) is 3.60. The van der Waals surface area contributed by atoms with Gasteiger partial charge in [-0.15, -0.1) is 0 Å². The van der Waals surface area contributed by atoms with Gasteiger partial charge in [0.25, 0.3) is 11.8 Å². The summed E-state index contributed by atoms with van der Waals surface area (Å²) in [6, 6.07) is 17.7. The normalized spacial score (nSPS) is 18.8. The first-order valence-electron chi connectivity index (χ1n) is 17.6. The summed E-state index contributed by atoms with van der Waals surface area (Å²) < 4.78 is 13.1. The molecule has 2 aromatic heterocycles. The van der Waals surface area contributed by atoms with Crippen LogP contribution in [0.5, 0.6) is 11.5 Å². The lowest BCUT2D eigenvalue weighted by atomic mass is 9.90. The predicted octanol–water partition coefficient (Wildman–Crippen LogP) is 5.91. The predicted molar refractivity (Wildman–Crippen MR) is 201 cm³/mol. The third kappa shape index (κ3) is 6.63. The van der Waals surface area contributed by atoms with Crippen LogP contribution in [0.1, 0.15) is 60.9 Å². The van der Waals surface area contributed by atoms with Crippen LogP contribution in [0.25, 0.3) is 16.9 Å². The average molecular weight is 695 g/mol. The zero-order valence-corrected chi connectivity index (χ0v) is 30.7. The molecule has 2 amide bonds. The highest BCUT2D eigenvalue weighted by atomic mass is 31.1. The summed E-state index contributed by atoms with van der Waals surface area (Å²) in [5, 5.41) is 1.12.